The zero-order valence-electron chi connectivity index (χ0n) is 9.98. The quantitative estimate of drug-likeness (QED) is 0.550. The normalized spacial score (nSPS) is 39.3. The summed E-state index contributed by atoms with van der Waals surface area (Å²) in [4.78, 5) is 0. The van der Waals surface area contributed by atoms with E-state index in [2.05, 4.69) is 20.8 Å². The lowest BCUT2D eigenvalue weighted by Crippen LogP contribution is -2.38. The zero-order chi connectivity index (χ0) is 10.3. The lowest BCUT2D eigenvalue weighted by atomic mass is 9.67. The molecule has 0 N–H and O–H groups in total. The van der Waals surface area contributed by atoms with Crippen molar-refractivity contribution < 1.29 is 8.85 Å². The molecule has 1 saturated carbocycles. The first-order valence-electron chi connectivity index (χ1n) is 5.36. The van der Waals surface area contributed by atoms with Gasteiger partial charge in [0.25, 0.3) is 0 Å². The second-order valence-electron chi connectivity index (χ2n) is 4.27. The molecule has 1 aliphatic carbocycles. The molecule has 0 aliphatic heterocycles. The standard InChI is InChI=1S/C9H18O/c1-9(2,3)7-5-8(6-7)10-4/h7-8H,5-6H2,1-4H3/i4D3. The van der Waals surface area contributed by atoms with Crippen LogP contribution in [0.25, 0.3) is 0 Å². The molecule has 0 radical (unpaired) electrons. The molecule has 0 aromatic rings. The summed E-state index contributed by atoms with van der Waals surface area (Å²) < 4.78 is 25.7. The molecular formula is C9H18O. The van der Waals surface area contributed by atoms with Gasteiger partial charge in [0.2, 0.25) is 0 Å². The van der Waals surface area contributed by atoms with Crippen LogP contribution in [0.4, 0.5) is 0 Å². The maximum atomic E-state index is 6.93. The van der Waals surface area contributed by atoms with Crippen LogP contribution in [0, 0.1) is 11.3 Å². The van der Waals surface area contributed by atoms with Crippen molar-refractivity contribution in [3.05, 3.63) is 0 Å². The molecule has 0 amide bonds. The van der Waals surface area contributed by atoms with E-state index in [4.69, 9.17) is 8.85 Å². The average molecular weight is 145 g/mol. The second-order valence-corrected chi connectivity index (χ2v) is 4.27. The van der Waals surface area contributed by atoms with Gasteiger partial charge < -0.3 is 4.74 Å². The Morgan fingerprint density at radius 3 is 2.40 bits per heavy atom. The number of rotatable bonds is 1. The van der Waals surface area contributed by atoms with Crippen molar-refractivity contribution in [2.24, 2.45) is 11.3 Å². The fourth-order valence-electron chi connectivity index (χ4n) is 1.37. The fraction of sp³-hybridized carbons (Fsp3) is 1.00. The Labute approximate surface area is 68.0 Å². The number of methoxy groups -OCH3 is 1. The molecule has 1 rings (SSSR count). The summed E-state index contributed by atoms with van der Waals surface area (Å²) >= 11 is 0. The Morgan fingerprint density at radius 2 is 2.00 bits per heavy atom. The molecule has 0 atom stereocenters. The van der Waals surface area contributed by atoms with Gasteiger partial charge in [-0.1, -0.05) is 20.8 Å². The zero-order valence-corrected chi connectivity index (χ0v) is 6.98. The van der Waals surface area contributed by atoms with Gasteiger partial charge in [-0.2, -0.15) is 0 Å². The smallest absolute Gasteiger partial charge is 0.0577 e. The van der Waals surface area contributed by atoms with E-state index in [1.165, 1.54) is 0 Å². The minimum absolute atomic E-state index is 0.0447. The molecule has 1 heteroatoms. The van der Waals surface area contributed by atoms with Crippen LogP contribution < -0.4 is 0 Å². The fourth-order valence-corrected chi connectivity index (χ4v) is 1.37. The third-order valence-electron chi connectivity index (χ3n) is 2.49. The Bertz CT molecular complexity index is 174. The predicted molar refractivity (Wildman–Crippen MR) is 43.0 cm³/mol. The number of hydrogen-bond donors (Lipinski definition) is 0. The van der Waals surface area contributed by atoms with Crippen LogP contribution in [0.15, 0.2) is 0 Å². The third-order valence-corrected chi connectivity index (χ3v) is 2.49. The van der Waals surface area contributed by atoms with Crippen LogP contribution in [0.1, 0.15) is 37.7 Å². The van der Waals surface area contributed by atoms with E-state index in [9.17, 15) is 0 Å². The average Bonchev–Trinajstić information content (AvgIpc) is 1.71. The minimum atomic E-state index is -2.21. The Kier molecular flexibility index (Phi) is 1.21. The summed E-state index contributed by atoms with van der Waals surface area (Å²) in [6.07, 6.45) is 1.74. The number of ether oxygens (including phenoxy) is 1. The van der Waals surface area contributed by atoms with Crippen LogP contribution in [-0.2, 0) is 4.74 Å². The lowest BCUT2D eigenvalue weighted by Gasteiger charge is -2.42. The molecule has 10 heavy (non-hydrogen) atoms. The van der Waals surface area contributed by atoms with Crippen LogP contribution >= 0.6 is 0 Å². The van der Waals surface area contributed by atoms with Crippen LogP contribution in [0.2, 0.25) is 0 Å². The van der Waals surface area contributed by atoms with Crippen LogP contribution in [0.3, 0.4) is 0 Å². The maximum Gasteiger partial charge on any atom is 0.0577 e. The molecule has 1 fully saturated rings. The van der Waals surface area contributed by atoms with E-state index in [0.29, 0.717) is 5.92 Å². The van der Waals surface area contributed by atoms with Gasteiger partial charge in [-0.25, -0.2) is 0 Å². The highest BCUT2D eigenvalue weighted by Gasteiger charge is 2.36. The van der Waals surface area contributed by atoms with E-state index < -0.39 is 7.04 Å². The summed E-state index contributed by atoms with van der Waals surface area (Å²) in [5.74, 6) is 0.611. The summed E-state index contributed by atoms with van der Waals surface area (Å²) in [5.41, 5.74) is 0.286. The van der Waals surface area contributed by atoms with Gasteiger partial charge >= 0.3 is 0 Å². The highest BCUT2D eigenvalue weighted by atomic mass is 16.5. The Morgan fingerprint density at radius 1 is 1.40 bits per heavy atom. The topological polar surface area (TPSA) is 9.23 Å². The third kappa shape index (κ3) is 1.51. The van der Waals surface area contributed by atoms with Gasteiger partial charge in [0.05, 0.1) is 10.2 Å². The molecule has 0 bridgehead atoms. The van der Waals surface area contributed by atoms with Crippen molar-refractivity contribution in [2.45, 2.75) is 39.7 Å². The number of hydrogen-bond acceptors (Lipinski definition) is 1. The first-order chi connectivity index (χ1) is 5.68. The largest absolute Gasteiger partial charge is 0.381 e. The molecule has 0 saturated heterocycles. The molecule has 0 unspecified atom stereocenters. The SMILES string of the molecule is [2H]C([2H])([2H])OC1CC(C(C)(C)C)C1. The Hall–Kier alpha value is -0.0400. The van der Waals surface area contributed by atoms with Crippen molar-refractivity contribution in [1.29, 1.82) is 0 Å². The Balaban J connectivity index is 2.27. The lowest BCUT2D eigenvalue weighted by molar-refractivity contribution is -0.0382. The monoisotopic (exact) mass is 145 g/mol. The van der Waals surface area contributed by atoms with Gasteiger partial charge in [0.15, 0.2) is 0 Å². The van der Waals surface area contributed by atoms with Gasteiger partial charge in [-0.15, -0.1) is 0 Å². The van der Waals surface area contributed by atoms with E-state index in [0.717, 1.165) is 12.8 Å². The van der Waals surface area contributed by atoms with E-state index in [-0.39, 0.29) is 11.5 Å². The summed E-state index contributed by atoms with van der Waals surface area (Å²) in [7, 11) is -2.21. The van der Waals surface area contributed by atoms with E-state index in [1.807, 2.05) is 0 Å². The highest BCUT2D eigenvalue weighted by Crippen LogP contribution is 2.42. The first-order valence-corrected chi connectivity index (χ1v) is 3.86. The van der Waals surface area contributed by atoms with Crippen LogP contribution in [-0.4, -0.2) is 13.1 Å². The predicted octanol–water partition coefficient (Wildman–Crippen LogP) is 2.46. The van der Waals surface area contributed by atoms with Gasteiger partial charge in [-0.3, -0.25) is 0 Å². The summed E-state index contributed by atoms with van der Waals surface area (Å²) in [5, 5.41) is 0. The first kappa shape index (κ1) is 4.76. The molecule has 1 aliphatic rings. The molecule has 1 nitrogen and oxygen atoms in total. The molecule has 0 aromatic heterocycles. The molecule has 0 heterocycles. The van der Waals surface area contributed by atoms with Crippen molar-refractivity contribution in [3.63, 3.8) is 0 Å². The van der Waals surface area contributed by atoms with Crippen molar-refractivity contribution in [3.8, 4) is 0 Å². The summed E-state index contributed by atoms with van der Waals surface area (Å²) in [6.45, 7) is 6.55. The van der Waals surface area contributed by atoms with Crippen LogP contribution in [0.5, 0.6) is 0 Å². The molecule has 60 valence electrons. The van der Waals surface area contributed by atoms with E-state index in [1.54, 1.807) is 0 Å². The van der Waals surface area contributed by atoms with Crippen molar-refractivity contribution >= 4 is 0 Å². The maximum absolute atomic E-state index is 6.93. The van der Waals surface area contributed by atoms with Crippen molar-refractivity contribution in [2.75, 3.05) is 7.04 Å². The molecular weight excluding hydrogens is 124 g/mol. The second kappa shape index (κ2) is 2.54. The summed E-state index contributed by atoms with van der Waals surface area (Å²) in [6, 6.07) is 0. The molecule has 0 spiro atoms. The minimum Gasteiger partial charge on any atom is -0.381 e. The van der Waals surface area contributed by atoms with Gasteiger partial charge in [0, 0.05) is 7.04 Å². The van der Waals surface area contributed by atoms with Crippen molar-refractivity contribution in [1.82, 2.24) is 0 Å². The van der Waals surface area contributed by atoms with E-state index >= 15 is 0 Å². The highest BCUT2D eigenvalue weighted by molar-refractivity contribution is 4.87. The van der Waals surface area contributed by atoms with Gasteiger partial charge in [-0.05, 0) is 24.2 Å². The van der Waals surface area contributed by atoms with Gasteiger partial charge in [0.1, 0.15) is 0 Å². The molecule has 0 aromatic carbocycles.